The molecular formula is C25H33NO5. The Bertz CT molecular complexity index is 1010. The van der Waals surface area contributed by atoms with Crippen LogP contribution >= 0.6 is 0 Å². The second-order valence-corrected chi connectivity index (χ2v) is 9.26. The van der Waals surface area contributed by atoms with Crippen LogP contribution in [0.1, 0.15) is 63.0 Å². The molecule has 1 amide bonds. The first kappa shape index (κ1) is 21.9. The first-order chi connectivity index (χ1) is 14.9. The number of benzene rings is 1. The Morgan fingerprint density at radius 2 is 2.13 bits per heavy atom. The van der Waals surface area contributed by atoms with Crippen LogP contribution in [0, 0.1) is 12.8 Å². The molecule has 1 saturated heterocycles. The van der Waals surface area contributed by atoms with E-state index in [4.69, 9.17) is 9.15 Å². The van der Waals surface area contributed by atoms with Crippen LogP contribution in [0.3, 0.4) is 0 Å². The quantitative estimate of drug-likeness (QED) is 0.706. The lowest BCUT2D eigenvalue weighted by Gasteiger charge is -2.47. The van der Waals surface area contributed by atoms with Gasteiger partial charge in [-0.15, -0.1) is 0 Å². The van der Waals surface area contributed by atoms with Gasteiger partial charge >= 0.3 is 5.63 Å². The molecule has 2 atom stereocenters. The predicted molar refractivity (Wildman–Crippen MR) is 119 cm³/mol. The first-order valence-corrected chi connectivity index (χ1v) is 11.6. The van der Waals surface area contributed by atoms with Gasteiger partial charge in [0.15, 0.2) is 6.61 Å². The van der Waals surface area contributed by atoms with Crippen LogP contribution < -0.4 is 10.4 Å². The maximum atomic E-state index is 12.9. The molecule has 0 bridgehead atoms. The number of likely N-dealkylation sites (tertiary alicyclic amines) is 1. The Labute approximate surface area is 183 Å². The van der Waals surface area contributed by atoms with E-state index in [1.54, 1.807) is 0 Å². The summed E-state index contributed by atoms with van der Waals surface area (Å²) in [7, 11) is 0. The minimum Gasteiger partial charge on any atom is -0.483 e. The van der Waals surface area contributed by atoms with Gasteiger partial charge in [0.1, 0.15) is 11.3 Å². The van der Waals surface area contributed by atoms with Crippen molar-refractivity contribution in [2.45, 2.75) is 70.8 Å². The summed E-state index contributed by atoms with van der Waals surface area (Å²) in [4.78, 5) is 26.8. The molecule has 2 unspecified atom stereocenters. The lowest BCUT2D eigenvalue weighted by atomic mass is 9.71. The molecule has 6 heteroatoms. The monoisotopic (exact) mass is 427 g/mol. The maximum Gasteiger partial charge on any atom is 0.336 e. The van der Waals surface area contributed by atoms with Crippen molar-refractivity contribution >= 4 is 16.9 Å². The van der Waals surface area contributed by atoms with E-state index in [9.17, 15) is 14.7 Å². The molecule has 31 heavy (non-hydrogen) atoms. The highest BCUT2D eigenvalue weighted by Gasteiger charge is 2.43. The van der Waals surface area contributed by atoms with Gasteiger partial charge in [0.05, 0.1) is 11.0 Å². The van der Waals surface area contributed by atoms with Crippen molar-refractivity contribution in [2.75, 3.05) is 19.7 Å². The first-order valence-electron chi connectivity index (χ1n) is 11.6. The van der Waals surface area contributed by atoms with Crippen molar-refractivity contribution in [3.8, 4) is 5.75 Å². The average Bonchev–Trinajstić information content (AvgIpc) is 2.74. The zero-order valence-electron chi connectivity index (χ0n) is 18.6. The second-order valence-electron chi connectivity index (χ2n) is 9.26. The van der Waals surface area contributed by atoms with Gasteiger partial charge in [0.25, 0.3) is 5.91 Å². The topological polar surface area (TPSA) is 80.0 Å². The lowest BCUT2D eigenvalue weighted by molar-refractivity contribution is -0.145. The molecule has 1 aromatic carbocycles. The molecule has 0 spiro atoms. The number of carbonyl (C=O) groups is 1. The van der Waals surface area contributed by atoms with Gasteiger partial charge in [-0.25, -0.2) is 4.79 Å². The predicted octanol–water partition coefficient (Wildman–Crippen LogP) is 3.98. The Hall–Kier alpha value is -2.34. The summed E-state index contributed by atoms with van der Waals surface area (Å²) in [6, 6.07) is 5.28. The van der Waals surface area contributed by atoms with Gasteiger partial charge in [0.2, 0.25) is 0 Å². The zero-order chi connectivity index (χ0) is 22.0. The molecule has 1 aromatic heterocycles. The number of hydrogen-bond acceptors (Lipinski definition) is 5. The molecule has 4 rings (SSSR count). The number of unbranched alkanes of at least 4 members (excludes halogenated alkanes) is 1. The fourth-order valence-corrected chi connectivity index (χ4v) is 5.18. The van der Waals surface area contributed by atoms with Crippen molar-refractivity contribution in [2.24, 2.45) is 5.92 Å². The minimum absolute atomic E-state index is 0.0595. The van der Waals surface area contributed by atoms with Gasteiger partial charge < -0.3 is 19.2 Å². The second kappa shape index (κ2) is 9.03. The molecule has 2 aromatic rings. The number of piperidine rings is 1. The van der Waals surface area contributed by atoms with Gasteiger partial charge in [-0.3, -0.25) is 4.79 Å². The van der Waals surface area contributed by atoms with E-state index in [0.29, 0.717) is 30.8 Å². The Morgan fingerprint density at radius 1 is 1.29 bits per heavy atom. The summed E-state index contributed by atoms with van der Waals surface area (Å²) in [6.45, 7) is 5.14. The number of aliphatic hydroxyl groups is 1. The summed E-state index contributed by atoms with van der Waals surface area (Å²) in [5.74, 6) is 0.688. The van der Waals surface area contributed by atoms with E-state index in [1.807, 2.05) is 24.0 Å². The van der Waals surface area contributed by atoms with Crippen molar-refractivity contribution < 1.29 is 19.1 Å². The normalized spacial score (nSPS) is 23.6. The van der Waals surface area contributed by atoms with Crippen LogP contribution in [0.25, 0.3) is 11.0 Å². The summed E-state index contributed by atoms with van der Waals surface area (Å²) in [5.41, 5.74) is 1.36. The van der Waals surface area contributed by atoms with Crippen LogP contribution in [0.2, 0.25) is 0 Å². The Balaban J connectivity index is 1.52. The molecule has 168 valence electrons. The maximum absolute atomic E-state index is 12.9. The lowest BCUT2D eigenvalue weighted by Crippen LogP contribution is -2.55. The van der Waals surface area contributed by atoms with Crippen molar-refractivity contribution in [1.29, 1.82) is 0 Å². The number of amides is 1. The molecular weight excluding hydrogens is 394 g/mol. The molecule has 2 aliphatic rings. The third-order valence-corrected chi connectivity index (χ3v) is 6.97. The Kier molecular flexibility index (Phi) is 6.37. The van der Waals surface area contributed by atoms with E-state index in [2.05, 4.69) is 6.92 Å². The summed E-state index contributed by atoms with van der Waals surface area (Å²) < 4.78 is 11.5. The average molecular weight is 428 g/mol. The standard InChI is InChI=1S/C25H33NO5/c1-3-4-7-18-14-23(28)31-21-13-17(2)12-20(24(18)21)30-16-22(27)26-11-10-25(29)9-6-5-8-19(25)15-26/h12-14,19,29H,3-11,15-16H2,1-2H3. The number of aryl methyl sites for hydroxylation is 2. The van der Waals surface area contributed by atoms with Crippen molar-refractivity contribution in [1.82, 2.24) is 4.90 Å². The number of ether oxygens (including phenoxy) is 1. The van der Waals surface area contributed by atoms with E-state index in [1.165, 1.54) is 6.07 Å². The summed E-state index contributed by atoms with van der Waals surface area (Å²) >= 11 is 0. The van der Waals surface area contributed by atoms with Crippen LogP contribution in [0.15, 0.2) is 27.4 Å². The summed E-state index contributed by atoms with van der Waals surface area (Å²) in [5, 5.41) is 11.7. The van der Waals surface area contributed by atoms with Crippen molar-refractivity contribution in [3.05, 3.63) is 39.7 Å². The van der Waals surface area contributed by atoms with E-state index in [-0.39, 0.29) is 24.1 Å². The molecule has 1 aliphatic heterocycles. The fraction of sp³-hybridized carbons (Fsp3) is 0.600. The van der Waals surface area contributed by atoms with Crippen LogP contribution in [-0.4, -0.2) is 41.2 Å². The zero-order valence-corrected chi connectivity index (χ0v) is 18.6. The van der Waals surface area contributed by atoms with Crippen LogP contribution in [0.4, 0.5) is 0 Å². The molecule has 1 saturated carbocycles. The fourth-order valence-electron chi connectivity index (χ4n) is 5.18. The van der Waals surface area contributed by atoms with Crippen LogP contribution in [0.5, 0.6) is 5.75 Å². The molecule has 6 nitrogen and oxygen atoms in total. The summed E-state index contributed by atoms with van der Waals surface area (Å²) in [6.07, 6.45) is 7.39. The van der Waals surface area contributed by atoms with Gasteiger partial charge in [-0.05, 0) is 62.3 Å². The molecule has 2 heterocycles. The highest BCUT2D eigenvalue weighted by molar-refractivity contribution is 5.88. The van der Waals surface area contributed by atoms with E-state index < -0.39 is 5.60 Å². The van der Waals surface area contributed by atoms with E-state index in [0.717, 1.165) is 61.5 Å². The Morgan fingerprint density at radius 3 is 2.94 bits per heavy atom. The number of carbonyl (C=O) groups excluding carboxylic acids is 1. The molecule has 1 aliphatic carbocycles. The number of nitrogens with zero attached hydrogens (tertiary/aromatic N) is 1. The number of hydrogen-bond donors (Lipinski definition) is 1. The third kappa shape index (κ3) is 4.64. The number of rotatable bonds is 6. The smallest absolute Gasteiger partial charge is 0.336 e. The van der Waals surface area contributed by atoms with E-state index >= 15 is 0 Å². The minimum atomic E-state index is -0.603. The largest absolute Gasteiger partial charge is 0.483 e. The van der Waals surface area contributed by atoms with Crippen molar-refractivity contribution in [3.63, 3.8) is 0 Å². The molecule has 1 N–H and O–H groups in total. The van der Waals surface area contributed by atoms with Crippen LogP contribution in [-0.2, 0) is 11.2 Å². The number of fused-ring (bicyclic) bond motifs is 2. The van der Waals surface area contributed by atoms with Gasteiger partial charge in [0, 0.05) is 25.1 Å². The van der Waals surface area contributed by atoms with Gasteiger partial charge in [-0.1, -0.05) is 26.2 Å². The van der Waals surface area contributed by atoms with Gasteiger partial charge in [-0.2, -0.15) is 0 Å². The highest BCUT2D eigenvalue weighted by atomic mass is 16.5. The SMILES string of the molecule is CCCCc1cc(=O)oc2cc(C)cc(OCC(=O)N3CCC4(O)CCCCC4C3)c12. The molecule has 0 radical (unpaired) electrons. The molecule has 2 fully saturated rings. The third-order valence-electron chi connectivity index (χ3n) is 6.97. The highest BCUT2D eigenvalue weighted by Crippen LogP contribution is 2.40.